The van der Waals surface area contributed by atoms with E-state index in [1.807, 2.05) is 31.2 Å². The van der Waals surface area contributed by atoms with Crippen LogP contribution in [0.5, 0.6) is 0 Å². The summed E-state index contributed by atoms with van der Waals surface area (Å²) in [6, 6.07) is 8.14. The average molecular weight is 339 g/mol. The van der Waals surface area contributed by atoms with E-state index in [0.29, 0.717) is 0 Å². The first kappa shape index (κ1) is 15.5. The van der Waals surface area contributed by atoms with Crippen LogP contribution in [0.15, 0.2) is 28.7 Å². The Hall–Kier alpha value is -0.870. The van der Waals surface area contributed by atoms with Gasteiger partial charge in [-0.2, -0.15) is 0 Å². The third-order valence-electron chi connectivity index (χ3n) is 4.07. The van der Waals surface area contributed by atoms with Crippen molar-refractivity contribution >= 4 is 21.8 Å². The van der Waals surface area contributed by atoms with Crippen LogP contribution in [-0.4, -0.2) is 18.0 Å². The zero-order valence-corrected chi connectivity index (χ0v) is 13.8. The third-order valence-corrected chi connectivity index (χ3v) is 4.60. The molecule has 1 aliphatic heterocycles. The van der Waals surface area contributed by atoms with E-state index in [1.165, 1.54) is 0 Å². The molecule has 4 heteroatoms. The van der Waals surface area contributed by atoms with E-state index in [1.54, 1.807) is 0 Å². The van der Waals surface area contributed by atoms with Gasteiger partial charge in [-0.15, -0.1) is 0 Å². The van der Waals surface area contributed by atoms with Crippen LogP contribution in [0.25, 0.3) is 0 Å². The maximum atomic E-state index is 12.6. The normalized spacial score (nSPS) is 23.6. The van der Waals surface area contributed by atoms with Gasteiger partial charge in [0.1, 0.15) is 0 Å². The van der Waals surface area contributed by atoms with E-state index in [0.717, 1.165) is 42.3 Å². The van der Waals surface area contributed by atoms with Gasteiger partial charge in [-0.05, 0) is 50.4 Å². The fraction of sp³-hybridized carbons (Fsp3) is 0.562. The lowest BCUT2D eigenvalue weighted by Crippen LogP contribution is -2.53. The Morgan fingerprint density at radius 2 is 2.15 bits per heavy atom. The van der Waals surface area contributed by atoms with Crippen LogP contribution in [0.1, 0.15) is 51.1 Å². The van der Waals surface area contributed by atoms with Crippen molar-refractivity contribution in [3.05, 3.63) is 34.3 Å². The minimum atomic E-state index is -0.349. The van der Waals surface area contributed by atoms with Gasteiger partial charge in [-0.3, -0.25) is 4.79 Å². The summed E-state index contributed by atoms with van der Waals surface area (Å²) in [5, 5.41) is 6.58. The first-order valence-electron chi connectivity index (χ1n) is 7.39. The molecule has 0 radical (unpaired) electrons. The van der Waals surface area contributed by atoms with Crippen molar-refractivity contribution in [3.8, 4) is 0 Å². The molecular weight excluding hydrogens is 316 g/mol. The molecule has 2 rings (SSSR count). The van der Waals surface area contributed by atoms with E-state index in [2.05, 4.69) is 33.5 Å². The molecule has 1 aromatic rings. The van der Waals surface area contributed by atoms with Gasteiger partial charge in [0.05, 0.1) is 11.6 Å². The summed E-state index contributed by atoms with van der Waals surface area (Å²) in [5.74, 6) is 0.146. The van der Waals surface area contributed by atoms with Gasteiger partial charge in [0.25, 0.3) is 0 Å². The maximum Gasteiger partial charge on any atom is 0.240 e. The molecule has 1 amide bonds. The highest BCUT2D eigenvalue weighted by molar-refractivity contribution is 9.10. The van der Waals surface area contributed by atoms with Gasteiger partial charge in [0.2, 0.25) is 5.91 Å². The number of benzene rings is 1. The second kappa shape index (κ2) is 6.72. The SMILES string of the molecule is CCCC1(C(=O)N[C@H](C)c2ccc(Br)cc2)CCCN1. The number of amides is 1. The molecular formula is C16H23BrN2O. The molecule has 1 unspecified atom stereocenters. The summed E-state index contributed by atoms with van der Waals surface area (Å²) < 4.78 is 1.06. The monoisotopic (exact) mass is 338 g/mol. The summed E-state index contributed by atoms with van der Waals surface area (Å²) in [7, 11) is 0. The molecule has 1 heterocycles. The van der Waals surface area contributed by atoms with E-state index in [9.17, 15) is 4.79 Å². The second-order valence-corrected chi connectivity index (χ2v) is 6.52. The maximum absolute atomic E-state index is 12.6. The predicted octanol–water partition coefficient (Wildman–Crippen LogP) is 3.55. The molecule has 1 aromatic carbocycles. The molecule has 110 valence electrons. The van der Waals surface area contributed by atoms with Crippen LogP contribution in [-0.2, 0) is 4.79 Å². The fourth-order valence-electron chi connectivity index (χ4n) is 2.92. The summed E-state index contributed by atoms with van der Waals surface area (Å²) in [6.45, 7) is 5.11. The van der Waals surface area contributed by atoms with Gasteiger partial charge >= 0.3 is 0 Å². The molecule has 0 aliphatic carbocycles. The average Bonchev–Trinajstić information content (AvgIpc) is 2.89. The molecule has 0 saturated carbocycles. The zero-order chi connectivity index (χ0) is 14.6. The van der Waals surface area contributed by atoms with Crippen LogP contribution in [0.3, 0.4) is 0 Å². The molecule has 3 nitrogen and oxygen atoms in total. The van der Waals surface area contributed by atoms with Gasteiger partial charge in [0, 0.05) is 4.47 Å². The second-order valence-electron chi connectivity index (χ2n) is 5.61. The van der Waals surface area contributed by atoms with Crippen molar-refractivity contribution in [1.29, 1.82) is 0 Å². The van der Waals surface area contributed by atoms with E-state index >= 15 is 0 Å². The minimum Gasteiger partial charge on any atom is -0.348 e. The van der Waals surface area contributed by atoms with Crippen LogP contribution in [0.2, 0.25) is 0 Å². The van der Waals surface area contributed by atoms with Gasteiger partial charge in [-0.1, -0.05) is 41.4 Å². The lowest BCUT2D eigenvalue weighted by atomic mass is 9.90. The summed E-state index contributed by atoms with van der Waals surface area (Å²) >= 11 is 3.43. The van der Waals surface area contributed by atoms with Gasteiger partial charge < -0.3 is 10.6 Å². The van der Waals surface area contributed by atoms with Crippen LogP contribution in [0.4, 0.5) is 0 Å². The standard InChI is InChI=1S/C16H23BrN2O/c1-3-9-16(10-4-11-18-16)15(20)19-12(2)13-5-7-14(17)8-6-13/h5-8,12,18H,3-4,9-11H2,1-2H3,(H,19,20)/t12-,16?/m1/s1. The minimum absolute atomic E-state index is 0.0340. The van der Waals surface area contributed by atoms with Crippen molar-refractivity contribution in [1.82, 2.24) is 10.6 Å². The molecule has 1 aliphatic rings. The largest absolute Gasteiger partial charge is 0.348 e. The Morgan fingerprint density at radius 1 is 1.45 bits per heavy atom. The fourth-order valence-corrected chi connectivity index (χ4v) is 3.19. The Labute approximate surface area is 129 Å². The van der Waals surface area contributed by atoms with E-state index in [4.69, 9.17) is 0 Å². The molecule has 2 atom stereocenters. The number of nitrogens with one attached hydrogen (secondary N) is 2. The Morgan fingerprint density at radius 3 is 2.70 bits per heavy atom. The van der Waals surface area contributed by atoms with Crippen LogP contribution in [0, 0.1) is 0 Å². The molecule has 1 fully saturated rings. The van der Waals surface area contributed by atoms with Crippen LogP contribution >= 0.6 is 15.9 Å². The summed E-state index contributed by atoms with van der Waals surface area (Å²) in [5.41, 5.74) is 0.782. The smallest absolute Gasteiger partial charge is 0.240 e. The third kappa shape index (κ3) is 3.41. The van der Waals surface area contributed by atoms with Crippen molar-refractivity contribution in [2.75, 3.05) is 6.54 Å². The summed E-state index contributed by atoms with van der Waals surface area (Å²) in [6.07, 6.45) is 3.96. The Balaban J connectivity index is 2.04. The Bertz CT molecular complexity index is 452. The molecule has 1 saturated heterocycles. The zero-order valence-electron chi connectivity index (χ0n) is 12.2. The lowest BCUT2D eigenvalue weighted by Gasteiger charge is -2.29. The number of hydrogen-bond donors (Lipinski definition) is 2. The molecule has 2 N–H and O–H groups in total. The number of rotatable bonds is 5. The van der Waals surface area contributed by atoms with Gasteiger partial charge in [-0.25, -0.2) is 0 Å². The quantitative estimate of drug-likeness (QED) is 0.861. The first-order chi connectivity index (χ1) is 9.57. The predicted molar refractivity (Wildman–Crippen MR) is 85.6 cm³/mol. The number of carbonyl (C=O) groups excluding carboxylic acids is 1. The first-order valence-corrected chi connectivity index (χ1v) is 8.18. The highest BCUT2D eigenvalue weighted by atomic mass is 79.9. The van der Waals surface area contributed by atoms with Crippen molar-refractivity contribution < 1.29 is 4.79 Å². The number of halogens is 1. The van der Waals surface area contributed by atoms with Crippen molar-refractivity contribution in [2.24, 2.45) is 0 Å². The van der Waals surface area contributed by atoms with Crippen molar-refractivity contribution in [2.45, 2.75) is 51.1 Å². The molecule has 0 bridgehead atoms. The van der Waals surface area contributed by atoms with Crippen molar-refractivity contribution in [3.63, 3.8) is 0 Å². The molecule has 20 heavy (non-hydrogen) atoms. The lowest BCUT2D eigenvalue weighted by molar-refractivity contribution is -0.128. The summed E-state index contributed by atoms with van der Waals surface area (Å²) in [4.78, 5) is 12.6. The topological polar surface area (TPSA) is 41.1 Å². The molecule has 0 aromatic heterocycles. The highest BCUT2D eigenvalue weighted by Crippen LogP contribution is 2.26. The molecule has 0 spiro atoms. The van der Waals surface area contributed by atoms with Crippen LogP contribution < -0.4 is 10.6 Å². The Kier molecular flexibility index (Phi) is 5.22. The van der Waals surface area contributed by atoms with E-state index < -0.39 is 0 Å². The number of carbonyl (C=O) groups is 1. The number of hydrogen-bond acceptors (Lipinski definition) is 2. The van der Waals surface area contributed by atoms with E-state index in [-0.39, 0.29) is 17.5 Å². The highest BCUT2D eigenvalue weighted by Gasteiger charge is 2.40. The van der Waals surface area contributed by atoms with Gasteiger partial charge in [0.15, 0.2) is 0 Å².